The number of hydrogen-bond acceptors (Lipinski definition) is 4. The van der Waals surface area contributed by atoms with Crippen LogP contribution in [0.5, 0.6) is 11.5 Å². The first-order valence-electron chi connectivity index (χ1n) is 8.20. The summed E-state index contributed by atoms with van der Waals surface area (Å²) in [5.41, 5.74) is 2.37. The van der Waals surface area contributed by atoms with Crippen LogP contribution in [-0.2, 0) is 6.54 Å². The van der Waals surface area contributed by atoms with Crippen molar-refractivity contribution in [2.24, 2.45) is 0 Å². The zero-order valence-electron chi connectivity index (χ0n) is 14.7. The zero-order valence-corrected chi connectivity index (χ0v) is 14.7. The van der Waals surface area contributed by atoms with Crippen LogP contribution in [0.4, 0.5) is 5.69 Å². The Morgan fingerprint density at radius 2 is 2.04 bits per heavy atom. The van der Waals surface area contributed by atoms with Crippen molar-refractivity contribution in [3.05, 3.63) is 66.2 Å². The molecule has 0 spiro atoms. The molecule has 0 bridgehead atoms. The molecule has 5 nitrogen and oxygen atoms in total. The fourth-order valence-corrected chi connectivity index (χ4v) is 2.31. The number of carbonyl (C=O) groups excluding carboxylic acids is 1. The highest BCUT2D eigenvalue weighted by atomic mass is 16.5. The lowest BCUT2D eigenvalue weighted by Crippen LogP contribution is -2.14. The Bertz CT molecular complexity index is 729. The van der Waals surface area contributed by atoms with Gasteiger partial charge in [0.1, 0.15) is 6.61 Å². The van der Waals surface area contributed by atoms with Crippen LogP contribution in [0.15, 0.2) is 55.1 Å². The second-order valence-corrected chi connectivity index (χ2v) is 5.40. The van der Waals surface area contributed by atoms with Gasteiger partial charge in [0.2, 0.25) is 0 Å². The molecule has 25 heavy (non-hydrogen) atoms. The monoisotopic (exact) mass is 340 g/mol. The summed E-state index contributed by atoms with van der Waals surface area (Å²) in [4.78, 5) is 12.5. The minimum Gasteiger partial charge on any atom is -0.493 e. The maximum atomic E-state index is 12.5. The molecule has 2 aromatic rings. The summed E-state index contributed by atoms with van der Waals surface area (Å²) < 4.78 is 10.8. The normalized spacial score (nSPS) is 10.2. The summed E-state index contributed by atoms with van der Waals surface area (Å²) in [6.45, 7) is 7.71. The van der Waals surface area contributed by atoms with Gasteiger partial charge in [0, 0.05) is 17.8 Å². The summed E-state index contributed by atoms with van der Waals surface area (Å²) >= 11 is 0. The van der Waals surface area contributed by atoms with Gasteiger partial charge < -0.3 is 20.1 Å². The van der Waals surface area contributed by atoms with Crippen LogP contribution in [0.25, 0.3) is 0 Å². The Morgan fingerprint density at radius 1 is 1.20 bits per heavy atom. The van der Waals surface area contributed by atoms with Crippen LogP contribution in [-0.4, -0.2) is 26.2 Å². The molecule has 2 rings (SSSR count). The number of benzene rings is 2. The highest BCUT2D eigenvalue weighted by molar-refractivity contribution is 6.04. The molecule has 2 N–H and O–H groups in total. The van der Waals surface area contributed by atoms with Gasteiger partial charge in [0.05, 0.1) is 7.11 Å². The molecule has 0 aliphatic carbocycles. The van der Waals surface area contributed by atoms with Crippen molar-refractivity contribution >= 4 is 11.6 Å². The first kappa shape index (κ1) is 18.5. The van der Waals surface area contributed by atoms with Crippen LogP contribution < -0.4 is 20.1 Å². The molecular weight excluding hydrogens is 316 g/mol. The van der Waals surface area contributed by atoms with Crippen molar-refractivity contribution in [2.45, 2.75) is 13.5 Å². The third-order valence-electron chi connectivity index (χ3n) is 3.55. The first-order chi connectivity index (χ1) is 12.2. The molecule has 0 heterocycles. The van der Waals surface area contributed by atoms with E-state index in [1.165, 1.54) is 0 Å². The predicted molar refractivity (Wildman–Crippen MR) is 100 cm³/mol. The van der Waals surface area contributed by atoms with Gasteiger partial charge in [-0.05, 0) is 42.4 Å². The molecule has 1 amide bonds. The molecular formula is C20H24N2O3. The number of carbonyl (C=O) groups is 1. The average Bonchev–Trinajstić information content (AvgIpc) is 2.64. The quantitative estimate of drug-likeness (QED) is 0.685. The Kier molecular flexibility index (Phi) is 7.04. The van der Waals surface area contributed by atoms with Crippen molar-refractivity contribution in [3.63, 3.8) is 0 Å². The lowest BCUT2D eigenvalue weighted by atomic mass is 10.1. The van der Waals surface area contributed by atoms with E-state index in [-0.39, 0.29) is 5.91 Å². The van der Waals surface area contributed by atoms with Gasteiger partial charge in [-0.15, -0.1) is 0 Å². The molecule has 0 radical (unpaired) electrons. The smallest absolute Gasteiger partial charge is 0.255 e. The summed E-state index contributed by atoms with van der Waals surface area (Å²) in [6.07, 6.45) is 1.65. The van der Waals surface area contributed by atoms with Crippen molar-refractivity contribution in [1.29, 1.82) is 0 Å². The number of rotatable bonds is 9. The minimum atomic E-state index is -0.200. The third-order valence-corrected chi connectivity index (χ3v) is 3.55. The number of ether oxygens (including phenoxy) is 2. The third kappa shape index (κ3) is 5.36. The van der Waals surface area contributed by atoms with Crippen molar-refractivity contribution < 1.29 is 14.3 Å². The molecule has 0 atom stereocenters. The SMILES string of the molecule is C=CCOc1ccc(C(=O)Nc2cccc(CNCC)c2)cc1OC. The molecule has 5 heteroatoms. The van der Waals surface area contributed by atoms with Crippen LogP contribution in [0.3, 0.4) is 0 Å². The lowest BCUT2D eigenvalue weighted by Gasteiger charge is -2.12. The second kappa shape index (κ2) is 9.49. The number of nitrogens with one attached hydrogen (secondary N) is 2. The summed E-state index contributed by atoms with van der Waals surface area (Å²) in [5, 5.41) is 6.17. The average molecular weight is 340 g/mol. The van der Waals surface area contributed by atoms with Crippen LogP contribution >= 0.6 is 0 Å². The van der Waals surface area contributed by atoms with Crippen molar-refractivity contribution in [1.82, 2.24) is 5.32 Å². The van der Waals surface area contributed by atoms with Crippen molar-refractivity contribution in [2.75, 3.05) is 25.6 Å². The number of hydrogen-bond donors (Lipinski definition) is 2. The van der Waals surface area contributed by atoms with Gasteiger partial charge in [-0.3, -0.25) is 4.79 Å². The van der Waals surface area contributed by atoms with E-state index >= 15 is 0 Å². The molecule has 0 saturated carbocycles. The van der Waals surface area contributed by atoms with Crippen LogP contribution in [0, 0.1) is 0 Å². The Labute approximate surface area is 148 Å². The maximum absolute atomic E-state index is 12.5. The zero-order chi connectivity index (χ0) is 18.1. The molecule has 0 aliphatic heterocycles. The van der Waals surface area contributed by atoms with Gasteiger partial charge in [0.15, 0.2) is 11.5 Å². The topological polar surface area (TPSA) is 59.6 Å². The van der Waals surface area contributed by atoms with Gasteiger partial charge in [0.25, 0.3) is 5.91 Å². The number of amides is 1. The fraction of sp³-hybridized carbons (Fsp3) is 0.250. The predicted octanol–water partition coefficient (Wildman–Crippen LogP) is 3.62. The molecule has 0 fully saturated rings. The molecule has 0 unspecified atom stereocenters. The molecule has 2 aromatic carbocycles. The van der Waals surface area contributed by atoms with Gasteiger partial charge >= 0.3 is 0 Å². The van der Waals surface area contributed by atoms with E-state index in [1.807, 2.05) is 24.3 Å². The number of anilines is 1. The van der Waals surface area contributed by atoms with Gasteiger partial charge in [-0.25, -0.2) is 0 Å². The standard InChI is InChI=1S/C20H24N2O3/c1-4-11-25-18-10-9-16(13-19(18)24-3)20(23)22-17-8-6-7-15(12-17)14-21-5-2/h4,6-10,12-13,21H,1,5,11,14H2,2-3H3,(H,22,23). The molecule has 0 saturated heterocycles. The summed E-state index contributed by atoms with van der Waals surface area (Å²) in [7, 11) is 1.54. The lowest BCUT2D eigenvalue weighted by molar-refractivity contribution is 0.102. The van der Waals surface area contributed by atoms with E-state index < -0.39 is 0 Å². The van der Waals surface area contributed by atoms with Gasteiger partial charge in [-0.2, -0.15) is 0 Å². The first-order valence-corrected chi connectivity index (χ1v) is 8.20. The Morgan fingerprint density at radius 3 is 2.76 bits per heavy atom. The molecule has 132 valence electrons. The number of methoxy groups -OCH3 is 1. The van der Waals surface area contributed by atoms with E-state index in [4.69, 9.17) is 9.47 Å². The molecule has 0 aliphatic rings. The molecule has 0 aromatic heterocycles. The summed E-state index contributed by atoms with van der Waals surface area (Å²) in [6, 6.07) is 12.9. The van der Waals surface area contributed by atoms with Crippen molar-refractivity contribution in [3.8, 4) is 11.5 Å². The minimum absolute atomic E-state index is 0.200. The van der Waals surface area contributed by atoms with E-state index in [9.17, 15) is 4.79 Å². The highest BCUT2D eigenvalue weighted by Crippen LogP contribution is 2.28. The van der Waals surface area contributed by atoms with Crippen LogP contribution in [0.1, 0.15) is 22.8 Å². The van der Waals surface area contributed by atoms with E-state index in [1.54, 1.807) is 31.4 Å². The fourth-order valence-electron chi connectivity index (χ4n) is 2.31. The van der Waals surface area contributed by atoms with E-state index in [2.05, 4.69) is 24.1 Å². The second-order valence-electron chi connectivity index (χ2n) is 5.40. The van der Waals surface area contributed by atoms with E-state index in [0.717, 1.165) is 24.3 Å². The highest BCUT2D eigenvalue weighted by Gasteiger charge is 2.11. The van der Waals surface area contributed by atoms with Crippen LogP contribution in [0.2, 0.25) is 0 Å². The van der Waals surface area contributed by atoms with Gasteiger partial charge in [-0.1, -0.05) is 31.7 Å². The van der Waals surface area contributed by atoms with E-state index in [0.29, 0.717) is 23.7 Å². The largest absolute Gasteiger partial charge is 0.493 e. The Balaban J connectivity index is 2.11. The maximum Gasteiger partial charge on any atom is 0.255 e. The summed E-state index contributed by atoms with van der Waals surface area (Å²) in [5.74, 6) is 0.885. The Hall–Kier alpha value is -2.79.